The normalized spacial score (nSPS) is 11.1. The summed E-state index contributed by atoms with van der Waals surface area (Å²) in [7, 11) is 0. The molecule has 0 spiro atoms. The van der Waals surface area contributed by atoms with Crippen molar-refractivity contribution in [2.24, 2.45) is 5.73 Å². The van der Waals surface area contributed by atoms with Crippen LogP contribution >= 0.6 is 11.3 Å². The molecule has 3 nitrogen and oxygen atoms in total. The second kappa shape index (κ2) is 4.72. The third-order valence-corrected chi connectivity index (χ3v) is 4.42. The summed E-state index contributed by atoms with van der Waals surface area (Å²) < 4.78 is 0. The minimum Gasteiger partial charge on any atom is -0.326 e. The number of aryl methyl sites for hydroxylation is 2. The zero-order chi connectivity index (χ0) is 13.4. The van der Waals surface area contributed by atoms with E-state index in [0.717, 1.165) is 26.8 Å². The maximum atomic E-state index is 5.71. The van der Waals surface area contributed by atoms with Crippen molar-refractivity contribution in [3.63, 3.8) is 0 Å². The number of benzene rings is 1. The number of thiazole rings is 1. The van der Waals surface area contributed by atoms with E-state index in [2.05, 4.69) is 24.0 Å². The van der Waals surface area contributed by atoms with Gasteiger partial charge in [-0.1, -0.05) is 18.2 Å². The van der Waals surface area contributed by atoms with Gasteiger partial charge in [0, 0.05) is 16.8 Å². The van der Waals surface area contributed by atoms with Gasteiger partial charge < -0.3 is 5.73 Å². The van der Waals surface area contributed by atoms with Gasteiger partial charge in [0.05, 0.1) is 16.9 Å². The van der Waals surface area contributed by atoms with Crippen molar-refractivity contribution in [1.82, 2.24) is 9.97 Å². The molecule has 0 unspecified atom stereocenters. The molecule has 3 rings (SSSR count). The topological polar surface area (TPSA) is 51.8 Å². The Hall–Kier alpha value is -1.78. The van der Waals surface area contributed by atoms with Crippen LogP contribution in [0.2, 0.25) is 0 Å². The summed E-state index contributed by atoms with van der Waals surface area (Å²) in [4.78, 5) is 10.4. The number of rotatable bonds is 2. The highest BCUT2D eigenvalue weighted by Crippen LogP contribution is 2.29. The molecule has 2 heterocycles. The third-order valence-electron chi connectivity index (χ3n) is 3.22. The molecular weight excluding hydrogens is 254 g/mol. The van der Waals surface area contributed by atoms with E-state index < -0.39 is 0 Å². The SMILES string of the molecule is Cc1nc(-c2cc(C)c3ccccc3n2)sc1CN. The molecule has 2 aromatic heterocycles. The molecule has 19 heavy (non-hydrogen) atoms. The summed E-state index contributed by atoms with van der Waals surface area (Å²) in [6, 6.07) is 10.3. The number of para-hydroxylation sites is 1. The third kappa shape index (κ3) is 2.13. The minimum absolute atomic E-state index is 0.538. The molecule has 0 atom stereocenters. The molecule has 1 aromatic carbocycles. The molecule has 0 amide bonds. The second-order valence-corrected chi connectivity index (χ2v) is 5.66. The first-order valence-corrected chi connectivity index (χ1v) is 7.04. The minimum atomic E-state index is 0.538. The summed E-state index contributed by atoms with van der Waals surface area (Å²) in [5.74, 6) is 0. The number of fused-ring (bicyclic) bond motifs is 1. The molecule has 0 aliphatic heterocycles. The number of nitrogens with two attached hydrogens (primary N) is 1. The van der Waals surface area contributed by atoms with E-state index in [4.69, 9.17) is 10.7 Å². The predicted octanol–water partition coefficient (Wildman–Crippen LogP) is 3.43. The molecule has 0 aliphatic carbocycles. The Balaban J connectivity index is 2.19. The van der Waals surface area contributed by atoms with Crippen LogP contribution < -0.4 is 5.73 Å². The van der Waals surface area contributed by atoms with Gasteiger partial charge in [0.1, 0.15) is 5.01 Å². The Morgan fingerprint density at radius 1 is 1.16 bits per heavy atom. The molecule has 3 aromatic rings. The Morgan fingerprint density at radius 3 is 2.68 bits per heavy atom. The van der Waals surface area contributed by atoms with Gasteiger partial charge in [-0.3, -0.25) is 0 Å². The van der Waals surface area contributed by atoms with Gasteiger partial charge in [-0.25, -0.2) is 9.97 Å². The van der Waals surface area contributed by atoms with E-state index in [-0.39, 0.29) is 0 Å². The molecule has 0 fully saturated rings. The first-order valence-electron chi connectivity index (χ1n) is 6.22. The predicted molar refractivity (Wildman–Crippen MR) is 80.2 cm³/mol. The number of hydrogen-bond acceptors (Lipinski definition) is 4. The molecular formula is C15H15N3S. The summed E-state index contributed by atoms with van der Waals surface area (Å²) in [5, 5.41) is 2.14. The van der Waals surface area contributed by atoms with Crippen molar-refractivity contribution >= 4 is 22.2 Å². The van der Waals surface area contributed by atoms with E-state index in [1.807, 2.05) is 25.1 Å². The van der Waals surface area contributed by atoms with E-state index in [9.17, 15) is 0 Å². The molecule has 0 saturated heterocycles. The van der Waals surface area contributed by atoms with Crippen LogP contribution in [0.4, 0.5) is 0 Å². The van der Waals surface area contributed by atoms with E-state index >= 15 is 0 Å². The highest BCUT2D eigenvalue weighted by atomic mass is 32.1. The first kappa shape index (κ1) is 12.3. The lowest BCUT2D eigenvalue weighted by molar-refractivity contribution is 1.06. The van der Waals surface area contributed by atoms with Gasteiger partial charge >= 0.3 is 0 Å². The number of pyridine rings is 1. The maximum absolute atomic E-state index is 5.71. The summed E-state index contributed by atoms with van der Waals surface area (Å²) >= 11 is 1.63. The molecule has 4 heteroatoms. The highest BCUT2D eigenvalue weighted by molar-refractivity contribution is 7.15. The van der Waals surface area contributed by atoms with Gasteiger partial charge in [-0.15, -0.1) is 11.3 Å². The monoisotopic (exact) mass is 269 g/mol. The zero-order valence-electron chi connectivity index (χ0n) is 11.0. The van der Waals surface area contributed by atoms with Crippen molar-refractivity contribution < 1.29 is 0 Å². The average molecular weight is 269 g/mol. The molecule has 0 saturated carbocycles. The van der Waals surface area contributed by atoms with E-state index in [1.54, 1.807) is 11.3 Å². The van der Waals surface area contributed by atoms with E-state index in [1.165, 1.54) is 10.9 Å². The molecule has 96 valence electrons. The van der Waals surface area contributed by atoms with E-state index in [0.29, 0.717) is 6.54 Å². The average Bonchev–Trinajstić information content (AvgIpc) is 2.80. The van der Waals surface area contributed by atoms with Gasteiger partial charge in [0.25, 0.3) is 0 Å². The van der Waals surface area contributed by atoms with Crippen LogP contribution in [0.1, 0.15) is 16.1 Å². The zero-order valence-corrected chi connectivity index (χ0v) is 11.8. The summed E-state index contributed by atoms with van der Waals surface area (Å²) in [6.07, 6.45) is 0. The van der Waals surface area contributed by atoms with Crippen molar-refractivity contribution in [3.05, 3.63) is 46.5 Å². The number of nitrogens with zero attached hydrogens (tertiary/aromatic N) is 2. The Kier molecular flexibility index (Phi) is 3.05. The molecule has 0 bridgehead atoms. The fraction of sp³-hybridized carbons (Fsp3) is 0.200. The van der Waals surface area contributed by atoms with Crippen LogP contribution in [-0.2, 0) is 6.54 Å². The first-order chi connectivity index (χ1) is 9.19. The second-order valence-electron chi connectivity index (χ2n) is 4.57. The Labute approximate surface area is 116 Å². The standard InChI is InChI=1S/C15H15N3S/c1-9-7-13(15-17-10(2)14(8-16)19-15)18-12-6-4-3-5-11(9)12/h3-7H,8,16H2,1-2H3. The molecule has 0 radical (unpaired) electrons. The maximum Gasteiger partial charge on any atom is 0.142 e. The lowest BCUT2D eigenvalue weighted by atomic mass is 10.1. The fourth-order valence-corrected chi connectivity index (χ4v) is 3.09. The smallest absolute Gasteiger partial charge is 0.142 e. The quantitative estimate of drug-likeness (QED) is 0.775. The summed E-state index contributed by atoms with van der Waals surface area (Å²) in [5.41, 5.74) is 9.89. The molecule has 0 aliphatic rings. The van der Waals surface area contributed by atoms with Crippen LogP contribution in [0.15, 0.2) is 30.3 Å². The van der Waals surface area contributed by atoms with Crippen molar-refractivity contribution in [3.8, 4) is 10.7 Å². The lowest BCUT2D eigenvalue weighted by Gasteiger charge is -2.04. The van der Waals surface area contributed by atoms with Gasteiger partial charge in [0.2, 0.25) is 0 Å². The summed E-state index contributed by atoms with van der Waals surface area (Å²) in [6.45, 7) is 4.64. The van der Waals surface area contributed by atoms with Crippen LogP contribution in [0.25, 0.3) is 21.6 Å². The van der Waals surface area contributed by atoms with Crippen LogP contribution in [0, 0.1) is 13.8 Å². The Morgan fingerprint density at radius 2 is 1.95 bits per heavy atom. The van der Waals surface area contributed by atoms with Crippen LogP contribution in [-0.4, -0.2) is 9.97 Å². The Bertz CT molecular complexity index is 746. The number of hydrogen-bond donors (Lipinski definition) is 1. The molecule has 2 N–H and O–H groups in total. The number of aromatic nitrogens is 2. The highest BCUT2D eigenvalue weighted by Gasteiger charge is 2.11. The van der Waals surface area contributed by atoms with Gasteiger partial charge in [0.15, 0.2) is 0 Å². The fourth-order valence-electron chi connectivity index (χ4n) is 2.19. The van der Waals surface area contributed by atoms with Crippen molar-refractivity contribution in [2.75, 3.05) is 0 Å². The van der Waals surface area contributed by atoms with Gasteiger partial charge in [-0.05, 0) is 31.5 Å². The van der Waals surface area contributed by atoms with Crippen LogP contribution in [0.5, 0.6) is 0 Å². The largest absolute Gasteiger partial charge is 0.326 e. The van der Waals surface area contributed by atoms with Crippen molar-refractivity contribution in [2.45, 2.75) is 20.4 Å². The van der Waals surface area contributed by atoms with Crippen molar-refractivity contribution in [1.29, 1.82) is 0 Å². The van der Waals surface area contributed by atoms with Crippen LogP contribution in [0.3, 0.4) is 0 Å². The van der Waals surface area contributed by atoms with Gasteiger partial charge in [-0.2, -0.15) is 0 Å². The lowest BCUT2D eigenvalue weighted by Crippen LogP contribution is -1.94.